The molecule has 3 amide bonds. The number of hydrogen-bond acceptors (Lipinski definition) is 6. The zero-order valence-electron chi connectivity index (χ0n) is 20.6. The van der Waals surface area contributed by atoms with E-state index in [1.165, 1.54) is 6.42 Å². The van der Waals surface area contributed by atoms with Crippen LogP contribution in [0.25, 0.3) is 0 Å². The Labute approximate surface area is 212 Å². The van der Waals surface area contributed by atoms with Crippen LogP contribution in [0.3, 0.4) is 0 Å². The van der Waals surface area contributed by atoms with E-state index in [2.05, 4.69) is 15.7 Å². The third-order valence-electron chi connectivity index (χ3n) is 6.46. The zero-order chi connectivity index (χ0) is 25.8. The Bertz CT molecular complexity index is 1020. The van der Waals surface area contributed by atoms with E-state index in [1.54, 1.807) is 17.0 Å². The van der Waals surface area contributed by atoms with Gasteiger partial charge in [0.25, 0.3) is 5.91 Å². The molecule has 36 heavy (non-hydrogen) atoms. The second-order valence-electron chi connectivity index (χ2n) is 8.98. The fourth-order valence-electron chi connectivity index (χ4n) is 4.46. The van der Waals surface area contributed by atoms with Gasteiger partial charge in [-0.1, -0.05) is 79.9 Å². The molecule has 192 valence electrons. The molecule has 9 heteroatoms. The van der Waals surface area contributed by atoms with E-state index in [1.807, 2.05) is 48.5 Å². The number of hydrazone groups is 1. The molecule has 2 aliphatic rings. The smallest absolute Gasteiger partial charge is 0.274 e. The summed E-state index contributed by atoms with van der Waals surface area (Å²) in [6.07, 6.45) is 5.19. The first-order valence-corrected chi connectivity index (χ1v) is 12.5. The largest absolute Gasteiger partial charge is 0.368 e. The number of amides is 3. The Kier molecular flexibility index (Phi) is 10.4. The van der Waals surface area contributed by atoms with Crippen molar-refractivity contribution < 1.29 is 14.4 Å². The second-order valence-corrected chi connectivity index (χ2v) is 8.98. The molecule has 1 aliphatic heterocycles. The van der Waals surface area contributed by atoms with Crippen LogP contribution in [0.15, 0.2) is 65.8 Å². The van der Waals surface area contributed by atoms with Crippen molar-refractivity contribution in [3.63, 3.8) is 0 Å². The molecule has 1 heterocycles. The maximum absolute atomic E-state index is 12.2. The highest BCUT2D eigenvalue weighted by Crippen LogP contribution is 2.24. The molecule has 9 nitrogen and oxygen atoms in total. The number of nitrogens with one attached hydrogen (secondary N) is 2. The summed E-state index contributed by atoms with van der Waals surface area (Å²) >= 11 is 0. The first-order valence-electron chi connectivity index (χ1n) is 12.5. The lowest BCUT2D eigenvalue weighted by molar-refractivity contribution is -0.130. The molecule has 1 saturated carbocycles. The lowest BCUT2D eigenvalue weighted by atomic mass is 9.88. The molecule has 1 atom stereocenters. The number of nitrogens with two attached hydrogens (primary N) is 2. The third kappa shape index (κ3) is 7.64. The zero-order valence-corrected chi connectivity index (χ0v) is 20.6. The summed E-state index contributed by atoms with van der Waals surface area (Å²) in [6, 6.07) is 17.7. The molecule has 0 radical (unpaired) electrons. The van der Waals surface area contributed by atoms with Gasteiger partial charge in [0.05, 0.1) is 0 Å². The standard InChI is InChI=1S/C15H20N2O2.C12H16N4O/c16-14(18)13(11-7-3-1-4-8-11)17-15(19)12-9-5-2-6-10-12;13-15-11(10-4-2-1-3-5-10)12(17)16-8-6-14-7-9-16/h1,3-4,7-8,12-13H,2,5-6,9-10H2,(H2,16,18)(H,17,19);1-5,14H,6-9,13H2/b;15-11+. The Balaban J connectivity index is 0.000000202. The van der Waals surface area contributed by atoms with Crippen LogP contribution in [0.2, 0.25) is 0 Å². The van der Waals surface area contributed by atoms with Gasteiger partial charge in [-0.25, -0.2) is 0 Å². The van der Waals surface area contributed by atoms with Crippen LogP contribution in [0.1, 0.15) is 49.3 Å². The van der Waals surface area contributed by atoms with Gasteiger partial charge in [-0.15, -0.1) is 0 Å². The summed E-state index contributed by atoms with van der Waals surface area (Å²) in [4.78, 5) is 37.7. The highest BCUT2D eigenvalue weighted by molar-refractivity contribution is 6.45. The van der Waals surface area contributed by atoms with Crippen molar-refractivity contribution in [2.24, 2.45) is 22.6 Å². The highest BCUT2D eigenvalue weighted by atomic mass is 16.2. The molecular formula is C27H36N6O3. The maximum Gasteiger partial charge on any atom is 0.274 e. The summed E-state index contributed by atoms with van der Waals surface area (Å²) < 4.78 is 0. The van der Waals surface area contributed by atoms with Gasteiger partial charge in [0.2, 0.25) is 11.8 Å². The van der Waals surface area contributed by atoms with Crippen molar-refractivity contribution >= 4 is 23.4 Å². The molecule has 1 aliphatic carbocycles. The van der Waals surface area contributed by atoms with Crippen molar-refractivity contribution in [1.82, 2.24) is 15.5 Å². The van der Waals surface area contributed by atoms with Crippen molar-refractivity contribution in [3.05, 3.63) is 71.8 Å². The van der Waals surface area contributed by atoms with Crippen LogP contribution in [-0.4, -0.2) is 54.5 Å². The Morgan fingerprint density at radius 3 is 2.06 bits per heavy atom. The molecule has 2 aromatic carbocycles. The van der Waals surface area contributed by atoms with Crippen molar-refractivity contribution in [1.29, 1.82) is 0 Å². The predicted molar refractivity (Wildman–Crippen MR) is 140 cm³/mol. The number of primary amides is 1. The first kappa shape index (κ1) is 26.9. The number of hydrogen-bond donors (Lipinski definition) is 4. The first-order chi connectivity index (χ1) is 17.5. The normalized spacial score (nSPS) is 17.3. The Hall–Kier alpha value is -3.72. The van der Waals surface area contributed by atoms with Gasteiger partial charge in [-0.05, 0) is 18.4 Å². The minimum absolute atomic E-state index is 0.0271. The number of rotatable bonds is 6. The molecule has 0 spiro atoms. The average Bonchev–Trinajstić information content (AvgIpc) is 2.94. The molecule has 4 rings (SSSR count). The quantitative estimate of drug-likeness (QED) is 0.276. The monoisotopic (exact) mass is 492 g/mol. The van der Waals surface area contributed by atoms with Crippen molar-refractivity contribution in [2.45, 2.75) is 38.1 Å². The van der Waals surface area contributed by atoms with Crippen LogP contribution < -0.4 is 22.2 Å². The third-order valence-corrected chi connectivity index (χ3v) is 6.46. The van der Waals surface area contributed by atoms with Crippen LogP contribution >= 0.6 is 0 Å². The van der Waals surface area contributed by atoms with Crippen LogP contribution in [-0.2, 0) is 14.4 Å². The Morgan fingerprint density at radius 2 is 1.50 bits per heavy atom. The van der Waals surface area contributed by atoms with Gasteiger partial charge < -0.3 is 27.1 Å². The summed E-state index contributed by atoms with van der Waals surface area (Å²) in [6.45, 7) is 3.03. The maximum atomic E-state index is 12.2. The van der Waals surface area contributed by atoms with E-state index in [4.69, 9.17) is 11.6 Å². The van der Waals surface area contributed by atoms with E-state index >= 15 is 0 Å². The highest BCUT2D eigenvalue weighted by Gasteiger charge is 2.26. The van der Waals surface area contributed by atoms with Gasteiger partial charge in [0.1, 0.15) is 6.04 Å². The fraction of sp³-hybridized carbons (Fsp3) is 0.407. The fourth-order valence-corrected chi connectivity index (χ4v) is 4.46. The van der Waals surface area contributed by atoms with E-state index < -0.39 is 11.9 Å². The van der Waals surface area contributed by atoms with Crippen LogP contribution in [0, 0.1) is 5.92 Å². The van der Waals surface area contributed by atoms with Crippen LogP contribution in [0.4, 0.5) is 0 Å². The number of benzene rings is 2. The Morgan fingerprint density at radius 1 is 0.917 bits per heavy atom. The second kappa shape index (κ2) is 14.0. The van der Waals surface area contributed by atoms with E-state index in [0.29, 0.717) is 18.8 Å². The molecular weight excluding hydrogens is 456 g/mol. The van der Waals surface area contributed by atoms with Gasteiger partial charge in [-0.2, -0.15) is 5.10 Å². The molecule has 1 saturated heterocycles. The molecule has 0 aromatic heterocycles. The number of carbonyl (C=O) groups is 3. The minimum Gasteiger partial charge on any atom is -0.368 e. The van der Waals surface area contributed by atoms with E-state index in [0.717, 1.165) is 49.9 Å². The lowest BCUT2D eigenvalue weighted by Gasteiger charge is -2.27. The van der Waals surface area contributed by atoms with Gasteiger partial charge in [0, 0.05) is 37.7 Å². The number of carbonyl (C=O) groups excluding carboxylic acids is 3. The topological polar surface area (TPSA) is 143 Å². The molecule has 0 bridgehead atoms. The van der Waals surface area contributed by atoms with Gasteiger partial charge >= 0.3 is 0 Å². The summed E-state index contributed by atoms with van der Waals surface area (Å²) in [7, 11) is 0. The number of nitrogens with zero attached hydrogens (tertiary/aromatic N) is 2. The van der Waals surface area contributed by atoms with Gasteiger partial charge in [-0.3, -0.25) is 14.4 Å². The summed E-state index contributed by atoms with van der Waals surface area (Å²) in [5.41, 5.74) is 7.22. The van der Waals surface area contributed by atoms with E-state index in [-0.39, 0.29) is 17.7 Å². The average molecular weight is 493 g/mol. The molecule has 2 aromatic rings. The van der Waals surface area contributed by atoms with Crippen molar-refractivity contribution in [3.8, 4) is 0 Å². The molecule has 2 fully saturated rings. The summed E-state index contributed by atoms with van der Waals surface area (Å²) in [5.74, 6) is 4.70. The molecule has 6 N–H and O–H groups in total. The van der Waals surface area contributed by atoms with Crippen LogP contribution in [0.5, 0.6) is 0 Å². The molecule has 1 unspecified atom stereocenters. The lowest BCUT2D eigenvalue weighted by Crippen LogP contribution is -2.49. The number of piperazine rings is 1. The van der Waals surface area contributed by atoms with Crippen molar-refractivity contribution in [2.75, 3.05) is 26.2 Å². The van der Waals surface area contributed by atoms with E-state index in [9.17, 15) is 14.4 Å². The predicted octanol–water partition coefficient (Wildman–Crippen LogP) is 1.69. The van der Waals surface area contributed by atoms with Gasteiger partial charge in [0.15, 0.2) is 5.71 Å². The summed E-state index contributed by atoms with van der Waals surface area (Å²) in [5, 5.41) is 9.63. The minimum atomic E-state index is -0.726. The SMILES string of the molecule is N/N=C(/C(=O)N1CCNCC1)c1ccccc1.NC(=O)C(NC(=O)C1CCCCC1)c1ccccc1.